The van der Waals surface area contributed by atoms with E-state index in [1.807, 2.05) is 18.2 Å². The molecule has 0 amide bonds. The molecule has 5 heteroatoms. The van der Waals surface area contributed by atoms with E-state index < -0.39 is 0 Å². The average Bonchev–Trinajstić information content (AvgIpc) is 2.44. The Hall–Kier alpha value is -2.12. The number of aryl methyl sites for hydroxylation is 1. The van der Waals surface area contributed by atoms with Gasteiger partial charge in [-0.2, -0.15) is 5.26 Å². The maximum absolute atomic E-state index is 8.81. The van der Waals surface area contributed by atoms with E-state index in [1.165, 1.54) is 11.6 Å². The van der Waals surface area contributed by atoms with E-state index in [0.29, 0.717) is 18.1 Å². The van der Waals surface area contributed by atoms with Crippen LogP contribution >= 0.6 is 11.6 Å². The lowest BCUT2D eigenvalue weighted by Gasteiger charge is -2.06. The summed E-state index contributed by atoms with van der Waals surface area (Å²) in [5, 5.41) is 9.08. The molecule has 0 bridgehead atoms. The van der Waals surface area contributed by atoms with E-state index in [4.69, 9.17) is 21.6 Å². The van der Waals surface area contributed by atoms with Gasteiger partial charge in [0.15, 0.2) is 0 Å². The number of aromatic nitrogens is 2. The zero-order chi connectivity index (χ0) is 13.5. The maximum atomic E-state index is 8.81. The fourth-order valence-corrected chi connectivity index (χ4v) is 1.81. The summed E-state index contributed by atoms with van der Waals surface area (Å²) in [5.41, 5.74) is 1.67. The first kappa shape index (κ1) is 13.3. The molecule has 0 unspecified atom stereocenters. The first-order chi connectivity index (χ1) is 9.28. The molecule has 0 spiro atoms. The number of hydrogen-bond acceptors (Lipinski definition) is 4. The van der Waals surface area contributed by atoms with E-state index in [-0.39, 0.29) is 5.15 Å². The molecule has 19 heavy (non-hydrogen) atoms. The van der Waals surface area contributed by atoms with Crippen LogP contribution in [-0.4, -0.2) is 16.6 Å². The number of pyridine rings is 2. The van der Waals surface area contributed by atoms with Crippen molar-refractivity contribution < 1.29 is 4.74 Å². The Morgan fingerprint density at radius 1 is 1.26 bits per heavy atom. The summed E-state index contributed by atoms with van der Waals surface area (Å²) in [6, 6.07) is 9.06. The standard InChI is InChI=1S/C14H12ClN3O/c15-13-8-12(10-16)9-14(18-13)19-7-1-2-11-3-5-17-6-4-11/h3-6,8-9H,1-2,7H2. The Kier molecular flexibility index (Phi) is 4.71. The molecule has 0 atom stereocenters. The molecular weight excluding hydrogens is 262 g/mol. The molecule has 2 rings (SSSR count). The third kappa shape index (κ3) is 4.23. The molecule has 2 heterocycles. The summed E-state index contributed by atoms with van der Waals surface area (Å²) in [6.07, 6.45) is 5.32. The van der Waals surface area contributed by atoms with Gasteiger partial charge in [-0.15, -0.1) is 0 Å². The van der Waals surface area contributed by atoms with Crippen molar-refractivity contribution in [2.24, 2.45) is 0 Å². The van der Waals surface area contributed by atoms with Crippen molar-refractivity contribution in [3.8, 4) is 11.9 Å². The van der Waals surface area contributed by atoms with Crippen LogP contribution in [0.3, 0.4) is 0 Å². The summed E-state index contributed by atoms with van der Waals surface area (Å²) in [6.45, 7) is 0.528. The number of nitrogens with zero attached hydrogens (tertiary/aromatic N) is 3. The van der Waals surface area contributed by atoms with Gasteiger partial charge in [0.2, 0.25) is 5.88 Å². The molecule has 4 nitrogen and oxygen atoms in total. The normalized spacial score (nSPS) is 9.89. The highest BCUT2D eigenvalue weighted by Crippen LogP contribution is 2.16. The van der Waals surface area contributed by atoms with Crippen LogP contribution in [0.1, 0.15) is 17.5 Å². The van der Waals surface area contributed by atoms with Gasteiger partial charge in [-0.1, -0.05) is 11.6 Å². The lowest BCUT2D eigenvalue weighted by molar-refractivity contribution is 0.299. The van der Waals surface area contributed by atoms with Gasteiger partial charge < -0.3 is 4.74 Å². The molecule has 2 aromatic rings. The SMILES string of the molecule is N#Cc1cc(Cl)nc(OCCCc2ccncc2)c1. The van der Waals surface area contributed by atoms with Crippen molar-refractivity contribution in [3.63, 3.8) is 0 Å². The Balaban J connectivity index is 1.83. The van der Waals surface area contributed by atoms with Gasteiger partial charge in [0.25, 0.3) is 0 Å². The number of halogens is 1. The molecule has 0 aliphatic heterocycles. The molecule has 96 valence electrons. The van der Waals surface area contributed by atoms with Crippen LogP contribution in [0.15, 0.2) is 36.7 Å². The zero-order valence-electron chi connectivity index (χ0n) is 10.2. The molecule has 0 fully saturated rings. The van der Waals surface area contributed by atoms with E-state index >= 15 is 0 Å². The lowest BCUT2D eigenvalue weighted by Crippen LogP contribution is -2.01. The second-order valence-electron chi connectivity index (χ2n) is 3.94. The molecular formula is C14H12ClN3O. The van der Waals surface area contributed by atoms with Crippen LogP contribution in [0, 0.1) is 11.3 Å². The maximum Gasteiger partial charge on any atom is 0.215 e. The van der Waals surface area contributed by atoms with Gasteiger partial charge in [0.05, 0.1) is 18.2 Å². The predicted molar refractivity (Wildman–Crippen MR) is 72.0 cm³/mol. The Labute approximate surface area is 116 Å². The minimum absolute atomic E-state index is 0.267. The van der Waals surface area contributed by atoms with E-state index in [0.717, 1.165) is 12.8 Å². The van der Waals surface area contributed by atoms with Crippen LogP contribution in [0.25, 0.3) is 0 Å². The first-order valence-corrected chi connectivity index (χ1v) is 6.25. The lowest BCUT2D eigenvalue weighted by atomic mass is 10.1. The fraction of sp³-hybridized carbons (Fsp3) is 0.214. The highest BCUT2D eigenvalue weighted by molar-refractivity contribution is 6.29. The minimum Gasteiger partial charge on any atom is -0.478 e. The smallest absolute Gasteiger partial charge is 0.215 e. The van der Waals surface area contributed by atoms with E-state index in [9.17, 15) is 0 Å². The minimum atomic E-state index is 0.267. The monoisotopic (exact) mass is 273 g/mol. The van der Waals surface area contributed by atoms with Crippen LogP contribution < -0.4 is 4.74 Å². The molecule has 0 radical (unpaired) electrons. The van der Waals surface area contributed by atoms with Gasteiger partial charge in [0.1, 0.15) is 5.15 Å². The molecule has 0 aromatic carbocycles. The Morgan fingerprint density at radius 3 is 2.79 bits per heavy atom. The number of nitriles is 1. The fourth-order valence-electron chi connectivity index (χ4n) is 1.61. The molecule has 2 aromatic heterocycles. The van der Waals surface area contributed by atoms with Crippen molar-refractivity contribution >= 4 is 11.6 Å². The van der Waals surface area contributed by atoms with Crippen molar-refractivity contribution in [2.75, 3.05) is 6.61 Å². The highest BCUT2D eigenvalue weighted by atomic mass is 35.5. The van der Waals surface area contributed by atoms with Gasteiger partial charge in [-0.25, -0.2) is 4.98 Å². The summed E-state index contributed by atoms with van der Waals surface area (Å²) in [7, 11) is 0. The molecule has 0 aliphatic carbocycles. The van der Waals surface area contributed by atoms with E-state index in [2.05, 4.69) is 9.97 Å². The Morgan fingerprint density at radius 2 is 2.05 bits per heavy atom. The van der Waals surface area contributed by atoms with E-state index in [1.54, 1.807) is 18.5 Å². The summed E-state index contributed by atoms with van der Waals surface area (Å²) >= 11 is 5.79. The zero-order valence-corrected chi connectivity index (χ0v) is 11.0. The van der Waals surface area contributed by atoms with Gasteiger partial charge in [-0.05, 0) is 36.6 Å². The quantitative estimate of drug-likeness (QED) is 0.621. The summed E-state index contributed by atoms with van der Waals surface area (Å²) in [5.74, 6) is 0.388. The Bertz CT molecular complexity index is 581. The van der Waals surface area contributed by atoms with Gasteiger partial charge in [0, 0.05) is 18.5 Å². The van der Waals surface area contributed by atoms with Crippen LogP contribution in [0.5, 0.6) is 5.88 Å². The number of ether oxygens (including phenoxy) is 1. The van der Waals surface area contributed by atoms with Gasteiger partial charge >= 0.3 is 0 Å². The topological polar surface area (TPSA) is 58.8 Å². The molecule has 0 aliphatic rings. The second-order valence-corrected chi connectivity index (χ2v) is 4.32. The number of rotatable bonds is 5. The summed E-state index contributed by atoms with van der Waals surface area (Å²) in [4.78, 5) is 7.97. The third-order valence-electron chi connectivity index (χ3n) is 2.51. The average molecular weight is 274 g/mol. The van der Waals surface area contributed by atoms with Crippen molar-refractivity contribution in [1.29, 1.82) is 5.26 Å². The van der Waals surface area contributed by atoms with Crippen molar-refractivity contribution in [3.05, 3.63) is 52.9 Å². The van der Waals surface area contributed by atoms with Crippen molar-refractivity contribution in [2.45, 2.75) is 12.8 Å². The first-order valence-electron chi connectivity index (χ1n) is 5.87. The highest BCUT2D eigenvalue weighted by Gasteiger charge is 2.02. The second kappa shape index (κ2) is 6.72. The third-order valence-corrected chi connectivity index (χ3v) is 2.70. The number of hydrogen-bond donors (Lipinski definition) is 0. The van der Waals surface area contributed by atoms with Crippen LogP contribution in [0.2, 0.25) is 5.15 Å². The van der Waals surface area contributed by atoms with Crippen molar-refractivity contribution in [1.82, 2.24) is 9.97 Å². The van der Waals surface area contributed by atoms with Crippen LogP contribution in [-0.2, 0) is 6.42 Å². The van der Waals surface area contributed by atoms with Crippen LogP contribution in [0.4, 0.5) is 0 Å². The largest absolute Gasteiger partial charge is 0.478 e. The molecule has 0 saturated carbocycles. The predicted octanol–water partition coefficient (Wildman–Crippen LogP) is 3.01. The van der Waals surface area contributed by atoms with Gasteiger partial charge in [-0.3, -0.25) is 4.98 Å². The molecule has 0 N–H and O–H groups in total. The molecule has 0 saturated heterocycles. The summed E-state index contributed by atoms with van der Waals surface area (Å²) < 4.78 is 5.49.